The number of aliphatic hydroxyl groups is 3. The number of carbonyl (C=O) groups is 1. The Balaban J connectivity index is 3.48. The summed E-state index contributed by atoms with van der Waals surface area (Å²) in [6, 6.07) is -0.739. The third kappa shape index (κ3) is 42.7. The van der Waals surface area contributed by atoms with E-state index in [-0.39, 0.29) is 18.9 Å². The van der Waals surface area contributed by atoms with Crippen molar-refractivity contribution in [3.63, 3.8) is 0 Å². The standard InChI is InChI=1S/C51H101NO4/c1-3-5-7-9-11-13-15-17-18-19-20-21-22-23-24-25-26-27-28-29-30-31-32-33-34-36-38-40-42-44-48(54)46-51(56)52-49(47-53)50(55)45-43-41-39-37-35-16-14-12-10-8-6-4-2/h43,45,48-50,53-55H,3-42,44,46-47H2,1-2H3,(H,52,56)/b45-43+. The Bertz CT molecular complexity index is 788. The fourth-order valence-electron chi connectivity index (χ4n) is 8.17. The third-order valence-electron chi connectivity index (χ3n) is 12.1. The van der Waals surface area contributed by atoms with Crippen molar-refractivity contribution in [3.05, 3.63) is 12.2 Å². The fraction of sp³-hybridized carbons (Fsp3) is 0.941. The Labute approximate surface area is 350 Å². The molecule has 0 heterocycles. The molecule has 0 saturated heterocycles. The van der Waals surface area contributed by atoms with Crippen LogP contribution >= 0.6 is 0 Å². The highest BCUT2D eigenvalue weighted by Gasteiger charge is 2.20. The van der Waals surface area contributed by atoms with E-state index in [1.807, 2.05) is 6.08 Å². The van der Waals surface area contributed by atoms with Crippen LogP contribution in [0.25, 0.3) is 0 Å². The van der Waals surface area contributed by atoms with Crippen LogP contribution in [0.15, 0.2) is 12.2 Å². The molecule has 0 spiro atoms. The minimum absolute atomic E-state index is 0.0189. The van der Waals surface area contributed by atoms with Gasteiger partial charge in [0.2, 0.25) is 5.91 Å². The summed E-state index contributed by atoms with van der Waals surface area (Å²) in [7, 11) is 0. The Morgan fingerprint density at radius 3 is 1.04 bits per heavy atom. The lowest BCUT2D eigenvalue weighted by molar-refractivity contribution is -0.124. The predicted octanol–water partition coefficient (Wildman–Crippen LogP) is 15.2. The molecule has 1 amide bonds. The zero-order valence-corrected chi connectivity index (χ0v) is 38.0. The zero-order chi connectivity index (χ0) is 40.8. The van der Waals surface area contributed by atoms with Gasteiger partial charge in [0.15, 0.2) is 0 Å². The molecule has 0 bridgehead atoms. The van der Waals surface area contributed by atoms with Gasteiger partial charge in [-0.3, -0.25) is 4.79 Å². The molecular weight excluding hydrogens is 691 g/mol. The molecule has 4 N–H and O–H groups in total. The van der Waals surface area contributed by atoms with E-state index in [1.54, 1.807) is 6.08 Å². The summed E-state index contributed by atoms with van der Waals surface area (Å²) in [4.78, 5) is 12.4. The SMILES string of the molecule is CCCCCCCCCCCC/C=C/C(O)C(CO)NC(=O)CC(O)CCCCCCCCCCCCCCCCCCCCCCCCCCCCCCC. The van der Waals surface area contributed by atoms with Crippen LogP contribution in [0.1, 0.15) is 284 Å². The maximum atomic E-state index is 12.4. The summed E-state index contributed by atoms with van der Waals surface area (Å²) in [5, 5.41) is 33.3. The largest absolute Gasteiger partial charge is 0.394 e. The zero-order valence-electron chi connectivity index (χ0n) is 38.0. The monoisotopic (exact) mass is 792 g/mol. The van der Waals surface area contributed by atoms with Gasteiger partial charge in [-0.05, 0) is 19.3 Å². The maximum Gasteiger partial charge on any atom is 0.222 e. The number of aliphatic hydroxyl groups excluding tert-OH is 3. The molecule has 0 fully saturated rings. The predicted molar refractivity (Wildman–Crippen MR) is 245 cm³/mol. The van der Waals surface area contributed by atoms with E-state index in [9.17, 15) is 20.1 Å². The molecule has 56 heavy (non-hydrogen) atoms. The van der Waals surface area contributed by atoms with E-state index < -0.39 is 18.2 Å². The summed E-state index contributed by atoms with van der Waals surface area (Å²) in [6.45, 7) is 4.23. The number of nitrogens with one attached hydrogen (secondary N) is 1. The van der Waals surface area contributed by atoms with E-state index in [2.05, 4.69) is 19.2 Å². The van der Waals surface area contributed by atoms with Crippen LogP contribution in [0.2, 0.25) is 0 Å². The number of hydrogen-bond donors (Lipinski definition) is 4. The molecule has 3 unspecified atom stereocenters. The minimum Gasteiger partial charge on any atom is -0.394 e. The van der Waals surface area contributed by atoms with Gasteiger partial charge < -0.3 is 20.6 Å². The number of carbonyl (C=O) groups excluding carboxylic acids is 1. The van der Waals surface area contributed by atoms with Gasteiger partial charge in [0, 0.05) is 0 Å². The van der Waals surface area contributed by atoms with Crippen LogP contribution in [0.4, 0.5) is 0 Å². The van der Waals surface area contributed by atoms with Gasteiger partial charge in [-0.1, -0.05) is 270 Å². The molecular formula is C51H101NO4. The Kier molecular flexibility index (Phi) is 46.0. The van der Waals surface area contributed by atoms with Crippen molar-refractivity contribution in [1.82, 2.24) is 5.32 Å². The normalized spacial score (nSPS) is 13.4. The molecule has 0 saturated carbocycles. The number of rotatable bonds is 47. The van der Waals surface area contributed by atoms with Gasteiger partial charge in [0.25, 0.3) is 0 Å². The van der Waals surface area contributed by atoms with Crippen molar-refractivity contribution in [3.8, 4) is 0 Å². The second-order valence-electron chi connectivity index (χ2n) is 17.8. The third-order valence-corrected chi connectivity index (χ3v) is 12.1. The van der Waals surface area contributed by atoms with Crippen molar-refractivity contribution in [2.24, 2.45) is 0 Å². The summed E-state index contributed by atoms with van der Waals surface area (Å²) in [6.07, 6.45) is 56.8. The van der Waals surface area contributed by atoms with Crippen LogP contribution in [-0.4, -0.2) is 46.1 Å². The van der Waals surface area contributed by atoms with Crippen molar-refractivity contribution in [1.29, 1.82) is 0 Å². The first kappa shape index (κ1) is 55.1. The van der Waals surface area contributed by atoms with Gasteiger partial charge >= 0.3 is 0 Å². The van der Waals surface area contributed by atoms with Gasteiger partial charge in [0.1, 0.15) is 0 Å². The van der Waals surface area contributed by atoms with E-state index in [0.29, 0.717) is 6.42 Å². The van der Waals surface area contributed by atoms with Gasteiger partial charge in [-0.15, -0.1) is 0 Å². The van der Waals surface area contributed by atoms with Crippen molar-refractivity contribution in [2.75, 3.05) is 6.61 Å². The lowest BCUT2D eigenvalue weighted by Gasteiger charge is -2.21. The molecule has 0 rings (SSSR count). The van der Waals surface area contributed by atoms with Crippen LogP contribution in [0, 0.1) is 0 Å². The second kappa shape index (κ2) is 46.8. The summed E-state index contributed by atoms with van der Waals surface area (Å²) < 4.78 is 0. The number of allylic oxidation sites excluding steroid dienone is 1. The minimum atomic E-state index is -0.924. The summed E-state index contributed by atoms with van der Waals surface area (Å²) >= 11 is 0. The number of hydrogen-bond acceptors (Lipinski definition) is 4. The van der Waals surface area contributed by atoms with Crippen LogP contribution in [-0.2, 0) is 4.79 Å². The Morgan fingerprint density at radius 1 is 0.446 bits per heavy atom. The molecule has 0 radical (unpaired) electrons. The molecule has 0 aliphatic carbocycles. The lowest BCUT2D eigenvalue weighted by Crippen LogP contribution is -2.45. The first-order chi connectivity index (χ1) is 27.5. The second-order valence-corrected chi connectivity index (χ2v) is 17.8. The smallest absolute Gasteiger partial charge is 0.222 e. The molecule has 0 aliphatic rings. The van der Waals surface area contributed by atoms with Crippen LogP contribution < -0.4 is 5.32 Å². The highest BCUT2D eigenvalue weighted by molar-refractivity contribution is 5.76. The molecule has 0 aromatic rings. The van der Waals surface area contributed by atoms with Gasteiger partial charge in [-0.25, -0.2) is 0 Å². The Hall–Kier alpha value is -0.910. The van der Waals surface area contributed by atoms with Crippen molar-refractivity contribution < 1.29 is 20.1 Å². The molecule has 3 atom stereocenters. The summed E-state index contributed by atoms with van der Waals surface area (Å²) in [5.74, 6) is -0.311. The Morgan fingerprint density at radius 2 is 0.732 bits per heavy atom. The highest BCUT2D eigenvalue weighted by Crippen LogP contribution is 2.17. The van der Waals surface area contributed by atoms with E-state index in [1.165, 1.54) is 231 Å². The number of amides is 1. The molecule has 5 heteroatoms. The quantitative estimate of drug-likeness (QED) is 0.0365. The molecule has 334 valence electrons. The fourth-order valence-corrected chi connectivity index (χ4v) is 8.17. The lowest BCUT2D eigenvalue weighted by atomic mass is 10.0. The number of unbranched alkanes of at least 4 members (excludes halogenated alkanes) is 38. The van der Waals surface area contributed by atoms with E-state index in [4.69, 9.17) is 0 Å². The molecule has 0 aliphatic heterocycles. The molecule has 5 nitrogen and oxygen atoms in total. The molecule has 0 aromatic carbocycles. The topological polar surface area (TPSA) is 89.8 Å². The van der Waals surface area contributed by atoms with Gasteiger partial charge in [0.05, 0.1) is 31.3 Å². The maximum absolute atomic E-state index is 12.4. The van der Waals surface area contributed by atoms with E-state index in [0.717, 1.165) is 25.7 Å². The van der Waals surface area contributed by atoms with Crippen molar-refractivity contribution >= 4 is 5.91 Å². The first-order valence-corrected chi connectivity index (χ1v) is 25.5. The van der Waals surface area contributed by atoms with Crippen LogP contribution in [0.3, 0.4) is 0 Å². The van der Waals surface area contributed by atoms with Crippen molar-refractivity contribution in [2.45, 2.75) is 302 Å². The van der Waals surface area contributed by atoms with Gasteiger partial charge in [-0.2, -0.15) is 0 Å². The average Bonchev–Trinajstić information content (AvgIpc) is 3.19. The highest BCUT2D eigenvalue weighted by atomic mass is 16.3. The average molecular weight is 792 g/mol. The van der Waals surface area contributed by atoms with E-state index >= 15 is 0 Å². The first-order valence-electron chi connectivity index (χ1n) is 25.5. The molecule has 0 aromatic heterocycles. The van der Waals surface area contributed by atoms with Crippen LogP contribution in [0.5, 0.6) is 0 Å². The summed E-state index contributed by atoms with van der Waals surface area (Å²) in [5.41, 5.74) is 0.